The average molecular weight is 188 g/mol. The molecule has 0 spiro atoms. The SMILES string of the molecule is N=C(C1CC1)N1CCC(F)(F)CC1. The number of piperidine rings is 1. The van der Waals surface area contributed by atoms with Crippen LogP contribution in [0.4, 0.5) is 8.78 Å². The summed E-state index contributed by atoms with van der Waals surface area (Å²) in [7, 11) is 0. The summed E-state index contributed by atoms with van der Waals surface area (Å²) in [6, 6.07) is 0. The zero-order chi connectivity index (χ0) is 9.47. The lowest BCUT2D eigenvalue weighted by atomic mass is 10.1. The van der Waals surface area contributed by atoms with E-state index >= 15 is 0 Å². The first kappa shape index (κ1) is 8.91. The monoisotopic (exact) mass is 188 g/mol. The molecule has 0 aromatic heterocycles. The zero-order valence-electron chi connectivity index (χ0n) is 7.52. The topological polar surface area (TPSA) is 27.1 Å². The van der Waals surface area contributed by atoms with E-state index in [1.807, 2.05) is 4.90 Å². The van der Waals surface area contributed by atoms with Gasteiger partial charge in [0.15, 0.2) is 0 Å². The molecule has 4 heteroatoms. The number of rotatable bonds is 1. The van der Waals surface area contributed by atoms with Gasteiger partial charge in [0.25, 0.3) is 5.92 Å². The Labute approximate surface area is 76.4 Å². The fraction of sp³-hybridized carbons (Fsp3) is 0.889. The molecular formula is C9H14F2N2. The number of likely N-dealkylation sites (tertiary alicyclic amines) is 1. The summed E-state index contributed by atoms with van der Waals surface area (Å²) in [6.45, 7) is 0.727. The van der Waals surface area contributed by atoms with E-state index in [2.05, 4.69) is 0 Å². The molecule has 2 rings (SSSR count). The molecule has 13 heavy (non-hydrogen) atoms. The molecule has 1 saturated heterocycles. The Morgan fingerprint density at radius 1 is 1.23 bits per heavy atom. The Morgan fingerprint density at radius 2 is 1.77 bits per heavy atom. The number of nitrogens with one attached hydrogen (secondary N) is 1. The molecule has 0 bridgehead atoms. The van der Waals surface area contributed by atoms with Gasteiger partial charge < -0.3 is 4.90 Å². The molecule has 2 nitrogen and oxygen atoms in total. The van der Waals surface area contributed by atoms with Crippen LogP contribution < -0.4 is 0 Å². The van der Waals surface area contributed by atoms with Gasteiger partial charge in [-0.15, -0.1) is 0 Å². The summed E-state index contributed by atoms with van der Waals surface area (Å²) in [6.07, 6.45) is 1.99. The maximum atomic E-state index is 12.8. The van der Waals surface area contributed by atoms with Crippen molar-refractivity contribution in [1.29, 1.82) is 5.41 Å². The van der Waals surface area contributed by atoms with Crippen molar-refractivity contribution in [2.45, 2.75) is 31.6 Å². The van der Waals surface area contributed by atoms with Gasteiger partial charge in [0.05, 0.1) is 5.84 Å². The number of halogens is 2. The van der Waals surface area contributed by atoms with Crippen molar-refractivity contribution in [3.63, 3.8) is 0 Å². The highest BCUT2D eigenvalue weighted by Crippen LogP contribution is 2.34. The summed E-state index contributed by atoms with van der Waals surface area (Å²) >= 11 is 0. The fourth-order valence-corrected chi connectivity index (χ4v) is 1.69. The van der Waals surface area contributed by atoms with E-state index in [-0.39, 0.29) is 12.8 Å². The number of hydrogen-bond acceptors (Lipinski definition) is 1. The van der Waals surface area contributed by atoms with Gasteiger partial charge in [0.2, 0.25) is 0 Å². The first-order valence-corrected chi connectivity index (χ1v) is 4.80. The van der Waals surface area contributed by atoms with Gasteiger partial charge in [-0.2, -0.15) is 0 Å². The molecule has 1 N–H and O–H groups in total. The number of nitrogens with zero attached hydrogens (tertiary/aromatic N) is 1. The van der Waals surface area contributed by atoms with E-state index in [0.29, 0.717) is 24.8 Å². The molecule has 1 saturated carbocycles. The highest BCUT2D eigenvalue weighted by Gasteiger charge is 2.37. The summed E-state index contributed by atoms with van der Waals surface area (Å²) in [4.78, 5) is 1.81. The van der Waals surface area contributed by atoms with E-state index in [1.54, 1.807) is 0 Å². The summed E-state index contributed by atoms with van der Waals surface area (Å²) in [5.41, 5.74) is 0. The Hall–Kier alpha value is -0.670. The Morgan fingerprint density at radius 3 is 2.23 bits per heavy atom. The Kier molecular flexibility index (Phi) is 2.00. The molecule has 2 aliphatic rings. The minimum absolute atomic E-state index is 0.0812. The average Bonchev–Trinajstić information content (AvgIpc) is 2.85. The van der Waals surface area contributed by atoms with Gasteiger partial charge in [-0.05, 0) is 12.8 Å². The van der Waals surface area contributed by atoms with Crippen molar-refractivity contribution in [3.8, 4) is 0 Å². The number of amidine groups is 1. The van der Waals surface area contributed by atoms with Crippen LogP contribution in [0.1, 0.15) is 25.7 Å². The molecule has 0 atom stereocenters. The normalized spacial score (nSPS) is 27.4. The van der Waals surface area contributed by atoms with Gasteiger partial charge in [-0.3, -0.25) is 5.41 Å². The first-order valence-electron chi connectivity index (χ1n) is 4.80. The lowest BCUT2D eigenvalue weighted by molar-refractivity contribution is -0.0439. The molecular weight excluding hydrogens is 174 g/mol. The van der Waals surface area contributed by atoms with Crippen LogP contribution in [0.5, 0.6) is 0 Å². The summed E-state index contributed by atoms with van der Waals surface area (Å²) in [5.74, 6) is -1.51. The van der Waals surface area contributed by atoms with Crippen LogP contribution in [0, 0.1) is 11.3 Å². The predicted molar refractivity (Wildman–Crippen MR) is 46.2 cm³/mol. The number of alkyl halides is 2. The summed E-state index contributed by atoms with van der Waals surface area (Å²) < 4.78 is 25.5. The Bertz CT molecular complexity index is 214. The van der Waals surface area contributed by atoms with Crippen molar-refractivity contribution in [1.82, 2.24) is 4.90 Å². The standard InChI is InChI=1S/C9H14F2N2/c10-9(11)3-5-13(6-4-9)8(12)7-1-2-7/h7,12H,1-6H2. The largest absolute Gasteiger partial charge is 0.360 e. The van der Waals surface area contributed by atoms with E-state index in [9.17, 15) is 8.78 Å². The smallest absolute Gasteiger partial charge is 0.251 e. The lowest BCUT2D eigenvalue weighted by Gasteiger charge is -2.33. The van der Waals surface area contributed by atoms with Crippen molar-refractivity contribution in [2.24, 2.45) is 5.92 Å². The second-order valence-electron chi connectivity index (χ2n) is 4.00. The van der Waals surface area contributed by atoms with Crippen molar-refractivity contribution < 1.29 is 8.78 Å². The maximum Gasteiger partial charge on any atom is 0.251 e. The van der Waals surface area contributed by atoms with Crippen LogP contribution in [-0.4, -0.2) is 29.7 Å². The zero-order valence-corrected chi connectivity index (χ0v) is 7.52. The second-order valence-corrected chi connectivity index (χ2v) is 4.00. The van der Waals surface area contributed by atoms with Gasteiger partial charge in [-0.25, -0.2) is 8.78 Å². The van der Waals surface area contributed by atoms with Crippen LogP contribution in [0.15, 0.2) is 0 Å². The molecule has 0 aromatic rings. The molecule has 2 fully saturated rings. The van der Waals surface area contributed by atoms with Gasteiger partial charge in [0, 0.05) is 31.8 Å². The summed E-state index contributed by atoms with van der Waals surface area (Å²) in [5, 5.41) is 7.71. The molecule has 74 valence electrons. The fourth-order valence-electron chi connectivity index (χ4n) is 1.69. The highest BCUT2D eigenvalue weighted by molar-refractivity contribution is 5.83. The molecule has 0 unspecified atom stereocenters. The van der Waals surface area contributed by atoms with E-state index < -0.39 is 5.92 Å². The van der Waals surface area contributed by atoms with Crippen LogP contribution in [0.3, 0.4) is 0 Å². The van der Waals surface area contributed by atoms with Crippen molar-refractivity contribution >= 4 is 5.84 Å². The molecule has 1 aliphatic heterocycles. The van der Waals surface area contributed by atoms with Gasteiger partial charge >= 0.3 is 0 Å². The van der Waals surface area contributed by atoms with Crippen molar-refractivity contribution in [3.05, 3.63) is 0 Å². The first-order chi connectivity index (χ1) is 6.08. The molecule has 0 amide bonds. The van der Waals surface area contributed by atoms with E-state index in [0.717, 1.165) is 12.8 Å². The number of hydrogen-bond donors (Lipinski definition) is 1. The third-order valence-electron chi connectivity index (χ3n) is 2.80. The quantitative estimate of drug-likeness (QED) is 0.495. The predicted octanol–water partition coefficient (Wildman–Crippen LogP) is 2.10. The van der Waals surface area contributed by atoms with Crippen molar-refractivity contribution in [2.75, 3.05) is 13.1 Å². The van der Waals surface area contributed by atoms with Gasteiger partial charge in [0.1, 0.15) is 0 Å². The molecule has 1 heterocycles. The molecule has 0 radical (unpaired) electrons. The highest BCUT2D eigenvalue weighted by atomic mass is 19.3. The molecule has 0 aromatic carbocycles. The minimum Gasteiger partial charge on any atom is -0.360 e. The molecule has 1 aliphatic carbocycles. The Balaban J connectivity index is 1.86. The van der Waals surface area contributed by atoms with Crippen LogP contribution >= 0.6 is 0 Å². The van der Waals surface area contributed by atoms with E-state index in [4.69, 9.17) is 5.41 Å². The maximum absolute atomic E-state index is 12.8. The minimum atomic E-state index is -2.49. The van der Waals surface area contributed by atoms with Crippen LogP contribution in [-0.2, 0) is 0 Å². The third-order valence-corrected chi connectivity index (χ3v) is 2.80. The second kappa shape index (κ2) is 2.93. The third kappa shape index (κ3) is 1.98. The van der Waals surface area contributed by atoms with Crippen LogP contribution in [0.2, 0.25) is 0 Å². The van der Waals surface area contributed by atoms with E-state index in [1.165, 1.54) is 0 Å². The lowest BCUT2D eigenvalue weighted by Crippen LogP contribution is -2.43. The van der Waals surface area contributed by atoms with Gasteiger partial charge in [-0.1, -0.05) is 0 Å². The van der Waals surface area contributed by atoms with Crippen LogP contribution in [0.25, 0.3) is 0 Å².